The predicted octanol–water partition coefficient (Wildman–Crippen LogP) is 6.18. The third kappa shape index (κ3) is 5.19. The minimum Gasteiger partial charge on any atom is -0.465 e. The quantitative estimate of drug-likeness (QED) is 0.420. The Morgan fingerprint density at radius 2 is 1.61 bits per heavy atom. The van der Waals surface area contributed by atoms with E-state index in [0.717, 1.165) is 5.56 Å². The summed E-state index contributed by atoms with van der Waals surface area (Å²) in [4.78, 5) is 25.8. The summed E-state index contributed by atoms with van der Waals surface area (Å²) in [5, 5.41) is 13.1. The average Bonchev–Trinajstić information content (AvgIpc) is 3.21. The molecule has 0 aromatic heterocycles. The van der Waals surface area contributed by atoms with Crippen LogP contribution in [0, 0.1) is 5.92 Å². The number of carboxylic acid groups (broad SMARTS) is 1. The lowest BCUT2D eigenvalue weighted by Crippen LogP contribution is -2.47. The molecule has 1 aliphatic carbocycles. The molecule has 1 heterocycles. The first-order valence-corrected chi connectivity index (χ1v) is 12.7. The molecule has 1 atom stereocenters. The van der Waals surface area contributed by atoms with Crippen molar-refractivity contribution < 1.29 is 19.4 Å². The molecule has 7 heteroatoms. The van der Waals surface area contributed by atoms with Gasteiger partial charge in [-0.1, -0.05) is 72.3 Å². The highest BCUT2D eigenvalue weighted by atomic mass is 35.5. The number of rotatable bonds is 6. The standard InChI is InChI=1S/C29H29ClN2O4/c30-21-7-5-6-19(16-21)17-27(20-12-14-32(15-13-20)29(34)35)31-28(33)36-18-26-24-10-3-1-8-22(24)23-9-2-4-11-25(23)26/h1-11,16,20,26-27H,12-15,17-18H2,(H,31,33)(H,34,35). The van der Waals surface area contributed by atoms with Crippen molar-refractivity contribution >= 4 is 23.8 Å². The van der Waals surface area contributed by atoms with Crippen molar-refractivity contribution in [1.82, 2.24) is 10.2 Å². The molecular weight excluding hydrogens is 476 g/mol. The number of likely N-dealkylation sites (tertiary alicyclic amines) is 1. The second-order valence-corrected chi connectivity index (χ2v) is 9.95. The third-order valence-electron chi connectivity index (χ3n) is 7.37. The molecular formula is C29H29ClN2O4. The Bertz CT molecular complexity index is 1210. The normalized spacial score (nSPS) is 16.2. The number of halogens is 1. The van der Waals surface area contributed by atoms with Crippen LogP contribution in [-0.4, -0.2) is 47.9 Å². The van der Waals surface area contributed by atoms with Gasteiger partial charge in [-0.3, -0.25) is 0 Å². The summed E-state index contributed by atoms with van der Waals surface area (Å²) in [5.74, 6) is 0.133. The number of piperidine rings is 1. The molecule has 3 aromatic rings. The van der Waals surface area contributed by atoms with Crippen LogP contribution < -0.4 is 5.32 Å². The number of alkyl carbamates (subject to hydrolysis) is 1. The summed E-state index contributed by atoms with van der Waals surface area (Å²) in [7, 11) is 0. The second-order valence-electron chi connectivity index (χ2n) is 9.52. The summed E-state index contributed by atoms with van der Waals surface area (Å²) in [5.41, 5.74) is 5.73. The summed E-state index contributed by atoms with van der Waals surface area (Å²) in [6.07, 6.45) is 0.610. The van der Waals surface area contributed by atoms with Crippen molar-refractivity contribution in [2.75, 3.05) is 19.7 Å². The monoisotopic (exact) mass is 504 g/mol. The molecule has 0 radical (unpaired) electrons. The Kier molecular flexibility index (Phi) is 7.14. The number of carbonyl (C=O) groups excluding carboxylic acids is 1. The van der Waals surface area contributed by atoms with Crippen LogP contribution >= 0.6 is 11.6 Å². The maximum Gasteiger partial charge on any atom is 0.407 e. The number of hydrogen-bond donors (Lipinski definition) is 2. The van der Waals surface area contributed by atoms with Gasteiger partial charge >= 0.3 is 12.2 Å². The van der Waals surface area contributed by atoms with Crippen LogP contribution in [-0.2, 0) is 11.2 Å². The smallest absolute Gasteiger partial charge is 0.407 e. The van der Waals surface area contributed by atoms with Crippen LogP contribution in [0.25, 0.3) is 11.1 Å². The molecule has 1 unspecified atom stereocenters. The highest BCUT2D eigenvalue weighted by Crippen LogP contribution is 2.44. The van der Waals surface area contributed by atoms with Crippen molar-refractivity contribution in [2.45, 2.75) is 31.2 Å². The lowest BCUT2D eigenvalue weighted by molar-refractivity contribution is 0.108. The zero-order valence-corrected chi connectivity index (χ0v) is 20.7. The largest absolute Gasteiger partial charge is 0.465 e. The number of ether oxygens (including phenoxy) is 1. The summed E-state index contributed by atoms with van der Waals surface area (Å²) >= 11 is 6.19. The zero-order valence-electron chi connectivity index (χ0n) is 19.9. The van der Waals surface area contributed by atoms with Gasteiger partial charge in [-0.15, -0.1) is 0 Å². The van der Waals surface area contributed by atoms with Crippen molar-refractivity contribution in [1.29, 1.82) is 0 Å². The van der Waals surface area contributed by atoms with Gasteiger partial charge in [-0.25, -0.2) is 9.59 Å². The topological polar surface area (TPSA) is 78.9 Å². The van der Waals surface area contributed by atoms with Crippen LogP contribution in [0.4, 0.5) is 9.59 Å². The minimum absolute atomic E-state index is 0.00617. The molecule has 6 nitrogen and oxygen atoms in total. The van der Waals surface area contributed by atoms with E-state index in [9.17, 15) is 14.7 Å². The van der Waals surface area contributed by atoms with Crippen molar-refractivity contribution in [3.63, 3.8) is 0 Å². The Balaban J connectivity index is 1.28. The lowest BCUT2D eigenvalue weighted by atomic mass is 9.86. The first-order valence-electron chi connectivity index (χ1n) is 12.3. The minimum atomic E-state index is -0.899. The highest BCUT2D eigenvalue weighted by molar-refractivity contribution is 6.30. The van der Waals surface area contributed by atoms with E-state index in [2.05, 4.69) is 29.6 Å². The van der Waals surface area contributed by atoms with Gasteiger partial charge in [0.05, 0.1) is 0 Å². The van der Waals surface area contributed by atoms with Gasteiger partial charge in [0.25, 0.3) is 0 Å². The Morgan fingerprint density at radius 3 is 2.22 bits per heavy atom. The van der Waals surface area contributed by atoms with Crippen LogP contribution in [0.2, 0.25) is 5.02 Å². The van der Waals surface area contributed by atoms with Gasteiger partial charge in [-0.2, -0.15) is 0 Å². The van der Waals surface area contributed by atoms with Crippen LogP contribution in [0.3, 0.4) is 0 Å². The molecule has 2 N–H and O–H groups in total. The van der Waals surface area contributed by atoms with E-state index in [1.54, 1.807) is 0 Å². The second kappa shape index (κ2) is 10.6. The Hall–Kier alpha value is -3.51. The Morgan fingerprint density at radius 1 is 0.972 bits per heavy atom. The number of carbonyl (C=O) groups is 2. The van der Waals surface area contributed by atoms with Crippen molar-refractivity contribution in [2.24, 2.45) is 5.92 Å². The lowest BCUT2D eigenvalue weighted by Gasteiger charge is -2.35. The number of nitrogens with zero attached hydrogens (tertiary/aromatic N) is 1. The van der Waals surface area contributed by atoms with E-state index < -0.39 is 12.2 Å². The zero-order chi connectivity index (χ0) is 25.1. The van der Waals surface area contributed by atoms with Gasteiger partial charge < -0.3 is 20.1 Å². The third-order valence-corrected chi connectivity index (χ3v) is 7.61. The molecule has 2 aliphatic rings. The maximum absolute atomic E-state index is 13.0. The van der Waals surface area contributed by atoms with E-state index in [-0.39, 0.29) is 24.5 Å². The molecule has 0 spiro atoms. The molecule has 0 bridgehead atoms. The first kappa shape index (κ1) is 24.2. The fourth-order valence-electron chi connectivity index (χ4n) is 5.54. The van der Waals surface area contributed by atoms with Gasteiger partial charge in [0.15, 0.2) is 0 Å². The van der Waals surface area contributed by atoms with E-state index in [1.807, 2.05) is 48.5 Å². The molecule has 186 valence electrons. The van der Waals surface area contributed by atoms with Gasteiger partial charge in [-0.05, 0) is 65.1 Å². The van der Waals surface area contributed by atoms with Crippen molar-refractivity contribution in [3.8, 4) is 11.1 Å². The molecule has 1 aliphatic heterocycles. The number of benzene rings is 3. The maximum atomic E-state index is 13.0. The molecule has 1 saturated heterocycles. The Labute approximate surface area is 215 Å². The molecule has 5 rings (SSSR count). The summed E-state index contributed by atoms with van der Waals surface area (Å²) in [6.45, 7) is 1.16. The first-order chi connectivity index (χ1) is 17.5. The highest BCUT2D eigenvalue weighted by Gasteiger charge is 2.32. The van der Waals surface area contributed by atoms with Gasteiger partial charge in [0, 0.05) is 30.1 Å². The number of fused-ring (bicyclic) bond motifs is 3. The van der Waals surface area contributed by atoms with Crippen LogP contribution in [0.1, 0.15) is 35.4 Å². The van der Waals surface area contributed by atoms with E-state index in [1.165, 1.54) is 27.2 Å². The predicted molar refractivity (Wildman–Crippen MR) is 139 cm³/mol. The summed E-state index contributed by atoms with van der Waals surface area (Å²) in [6, 6.07) is 23.9. The fourth-order valence-corrected chi connectivity index (χ4v) is 5.75. The number of nitrogens with one attached hydrogen (secondary N) is 1. The van der Waals surface area contributed by atoms with E-state index >= 15 is 0 Å². The average molecular weight is 505 g/mol. The summed E-state index contributed by atoms with van der Waals surface area (Å²) < 4.78 is 5.80. The van der Waals surface area contributed by atoms with Crippen LogP contribution in [0.5, 0.6) is 0 Å². The number of amides is 2. The fraction of sp³-hybridized carbons (Fsp3) is 0.310. The molecule has 36 heavy (non-hydrogen) atoms. The van der Waals surface area contributed by atoms with E-state index in [4.69, 9.17) is 16.3 Å². The van der Waals surface area contributed by atoms with Gasteiger partial charge in [0.1, 0.15) is 6.61 Å². The SMILES string of the molecule is O=C(NC(Cc1cccc(Cl)c1)C1CCN(C(=O)O)CC1)OCC1c2ccccc2-c2ccccc21. The number of hydrogen-bond acceptors (Lipinski definition) is 3. The molecule has 1 fully saturated rings. The van der Waals surface area contributed by atoms with Crippen LogP contribution in [0.15, 0.2) is 72.8 Å². The molecule has 0 saturated carbocycles. The molecule has 2 amide bonds. The van der Waals surface area contributed by atoms with E-state index in [0.29, 0.717) is 37.4 Å². The van der Waals surface area contributed by atoms with Crippen molar-refractivity contribution in [3.05, 3.63) is 94.5 Å². The molecule has 3 aromatic carbocycles. The van der Waals surface area contributed by atoms with Gasteiger partial charge in [0.2, 0.25) is 0 Å².